The summed E-state index contributed by atoms with van der Waals surface area (Å²) in [7, 11) is 1.17. The van der Waals surface area contributed by atoms with Crippen LogP contribution in [0, 0.1) is 0 Å². The van der Waals surface area contributed by atoms with Crippen LogP contribution in [-0.4, -0.2) is 19.3 Å². The van der Waals surface area contributed by atoms with E-state index in [4.69, 9.17) is 0 Å². The van der Waals surface area contributed by atoms with Gasteiger partial charge in [-0.3, -0.25) is 0 Å². The van der Waals surface area contributed by atoms with Crippen molar-refractivity contribution < 1.29 is 13.9 Å². The smallest absolute Gasteiger partial charge is 0.345 e. The van der Waals surface area contributed by atoms with Gasteiger partial charge in [0, 0.05) is 4.90 Å². The third-order valence-electron chi connectivity index (χ3n) is 1.82. The number of hydrogen-bond acceptors (Lipinski definition) is 3. The van der Waals surface area contributed by atoms with E-state index in [1.807, 2.05) is 6.26 Å². The molecule has 1 rings (SSSR count). The summed E-state index contributed by atoms with van der Waals surface area (Å²) in [6, 6.07) is 6.73. The zero-order valence-corrected chi connectivity index (χ0v) is 8.81. The molecular weight excluding hydrogens is 203 g/mol. The largest absolute Gasteiger partial charge is 0.467 e. The summed E-state index contributed by atoms with van der Waals surface area (Å²) < 4.78 is 17.6. The van der Waals surface area contributed by atoms with Crippen molar-refractivity contribution in [2.24, 2.45) is 0 Å². The molecule has 0 spiro atoms. The lowest BCUT2D eigenvalue weighted by Crippen LogP contribution is -2.09. The van der Waals surface area contributed by atoms with Gasteiger partial charge in [0.05, 0.1) is 7.11 Å². The Morgan fingerprint density at radius 2 is 2.00 bits per heavy atom. The Morgan fingerprint density at radius 3 is 2.43 bits per heavy atom. The molecule has 0 saturated heterocycles. The van der Waals surface area contributed by atoms with E-state index in [0.29, 0.717) is 5.56 Å². The monoisotopic (exact) mass is 214 g/mol. The minimum Gasteiger partial charge on any atom is -0.467 e. The van der Waals surface area contributed by atoms with Crippen molar-refractivity contribution in [3.05, 3.63) is 29.8 Å². The Kier molecular flexibility index (Phi) is 3.95. The summed E-state index contributed by atoms with van der Waals surface area (Å²) in [4.78, 5) is 11.9. The number of alkyl halides is 1. The van der Waals surface area contributed by atoms with E-state index >= 15 is 0 Å². The Balaban J connectivity index is 2.81. The van der Waals surface area contributed by atoms with Crippen LogP contribution in [0.2, 0.25) is 0 Å². The molecule has 0 heterocycles. The second kappa shape index (κ2) is 5.00. The lowest BCUT2D eigenvalue weighted by atomic mass is 10.1. The first kappa shape index (κ1) is 11.0. The average molecular weight is 214 g/mol. The van der Waals surface area contributed by atoms with Crippen molar-refractivity contribution in [1.29, 1.82) is 0 Å². The highest BCUT2D eigenvalue weighted by Gasteiger charge is 2.19. The fourth-order valence-corrected chi connectivity index (χ4v) is 1.42. The van der Waals surface area contributed by atoms with Gasteiger partial charge in [-0.25, -0.2) is 9.18 Å². The molecule has 0 aliphatic heterocycles. The number of carbonyl (C=O) groups excluding carboxylic acids is 1. The topological polar surface area (TPSA) is 26.3 Å². The van der Waals surface area contributed by atoms with Crippen molar-refractivity contribution in [3.8, 4) is 0 Å². The van der Waals surface area contributed by atoms with Crippen LogP contribution < -0.4 is 0 Å². The number of benzene rings is 1. The fraction of sp³-hybridized carbons (Fsp3) is 0.300. The molecule has 0 aromatic heterocycles. The predicted molar refractivity (Wildman–Crippen MR) is 54.1 cm³/mol. The summed E-state index contributed by atoms with van der Waals surface area (Å²) >= 11 is 1.56. The third-order valence-corrected chi connectivity index (χ3v) is 2.56. The summed E-state index contributed by atoms with van der Waals surface area (Å²) in [5.74, 6) is -0.859. The standard InChI is InChI=1S/C10H11FO2S/c1-13-10(12)9(11)7-3-5-8(14-2)6-4-7/h3-6,9H,1-2H3. The summed E-state index contributed by atoms with van der Waals surface area (Å²) in [5.41, 5.74) is 0.328. The van der Waals surface area contributed by atoms with E-state index in [-0.39, 0.29) is 0 Å². The summed E-state index contributed by atoms with van der Waals surface area (Å²) in [5, 5.41) is 0. The number of halogens is 1. The van der Waals surface area contributed by atoms with E-state index in [1.165, 1.54) is 7.11 Å². The molecule has 1 atom stereocenters. The molecule has 0 fully saturated rings. The van der Waals surface area contributed by atoms with Crippen LogP contribution in [0.25, 0.3) is 0 Å². The zero-order valence-electron chi connectivity index (χ0n) is 7.99. The lowest BCUT2D eigenvalue weighted by Gasteiger charge is -2.06. The van der Waals surface area contributed by atoms with Crippen LogP contribution in [0.1, 0.15) is 11.7 Å². The molecule has 1 unspecified atom stereocenters. The average Bonchev–Trinajstić information content (AvgIpc) is 2.27. The first-order valence-corrected chi connectivity index (χ1v) is 5.27. The summed E-state index contributed by atoms with van der Waals surface area (Å²) in [6.07, 6.45) is 0.248. The molecule has 2 nitrogen and oxygen atoms in total. The molecule has 0 N–H and O–H groups in total. The highest BCUT2D eigenvalue weighted by atomic mass is 32.2. The Hall–Kier alpha value is -1.03. The van der Waals surface area contributed by atoms with Gasteiger partial charge in [-0.15, -0.1) is 11.8 Å². The number of rotatable bonds is 3. The molecule has 0 amide bonds. The molecular formula is C10H11FO2S. The molecule has 0 saturated carbocycles. The Morgan fingerprint density at radius 1 is 1.43 bits per heavy atom. The van der Waals surface area contributed by atoms with Crippen molar-refractivity contribution in [2.45, 2.75) is 11.1 Å². The van der Waals surface area contributed by atoms with Crippen LogP contribution in [-0.2, 0) is 9.53 Å². The molecule has 4 heteroatoms. The van der Waals surface area contributed by atoms with Gasteiger partial charge < -0.3 is 4.74 Å². The molecule has 0 radical (unpaired) electrons. The van der Waals surface area contributed by atoms with E-state index in [2.05, 4.69) is 4.74 Å². The maximum atomic E-state index is 13.3. The van der Waals surface area contributed by atoms with E-state index in [9.17, 15) is 9.18 Å². The van der Waals surface area contributed by atoms with E-state index in [1.54, 1.807) is 36.0 Å². The minimum absolute atomic E-state index is 0.328. The van der Waals surface area contributed by atoms with Crippen LogP contribution in [0.4, 0.5) is 4.39 Å². The lowest BCUT2D eigenvalue weighted by molar-refractivity contribution is -0.146. The van der Waals surface area contributed by atoms with E-state index < -0.39 is 12.1 Å². The zero-order chi connectivity index (χ0) is 10.6. The normalized spacial score (nSPS) is 12.2. The quantitative estimate of drug-likeness (QED) is 0.571. The first-order valence-electron chi connectivity index (χ1n) is 4.05. The van der Waals surface area contributed by atoms with Gasteiger partial charge in [0.1, 0.15) is 0 Å². The van der Waals surface area contributed by atoms with Crippen molar-refractivity contribution in [3.63, 3.8) is 0 Å². The molecule has 1 aromatic rings. The van der Waals surface area contributed by atoms with Gasteiger partial charge >= 0.3 is 5.97 Å². The van der Waals surface area contributed by atoms with Gasteiger partial charge in [0.2, 0.25) is 6.17 Å². The second-order valence-corrected chi connectivity index (χ2v) is 3.54. The van der Waals surface area contributed by atoms with Gasteiger partial charge in [-0.2, -0.15) is 0 Å². The fourth-order valence-electron chi connectivity index (χ4n) is 1.01. The predicted octanol–water partition coefficient (Wildman–Crippen LogP) is 2.59. The van der Waals surface area contributed by atoms with Crippen LogP contribution in [0.15, 0.2) is 29.2 Å². The number of hydrogen-bond donors (Lipinski definition) is 0. The van der Waals surface area contributed by atoms with Crippen molar-refractivity contribution in [2.75, 3.05) is 13.4 Å². The number of esters is 1. The maximum Gasteiger partial charge on any atom is 0.345 e. The van der Waals surface area contributed by atoms with Crippen LogP contribution in [0.3, 0.4) is 0 Å². The van der Waals surface area contributed by atoms with Crippen LogP contribution in [0.5, 0.6) is 0 Å². The first-order chi connectivity index (χ1) is 6.69. The number of ether oxygens (including phenoxy) is 1. The van der Waals surface area contributed by atoms with E-state index in [0.717, 1.165) is 4.90 Å². The van der Waals surface area contributed by atoms with Gasteiger partial charge in [-0.05, 0) is 24.0 Å². The number of thioether (sulfide) groups is 1. The highest BCUT2D eigenvalue weighted by molar-refractivity contribution is 7.98. The molecule has 14 heavy (non-hydrogen) atoms. The number of carbonyl (C=O) groups is 1. The third kappa shape index (κ3) is 2.48. The molecule has 0 aliphatic rings. The van der Waals surface area contributed by atoms with Gasteiger partial charge in [0.25, 0.3) is 0 Å². The second-order valence-electron chi connectivity index (χ2n) is 2.66. The minimum atomic E-state index is -1.68. The van der Waals surface area contributed by atoms with Crippen LogP contribution >= 0.6 is 11.8 Å². The highest BCUT2D eigenvalue weighted by Crippen LogP contribution is 2.22. The van der Waals surface area contributed by atoms with Gasteiger partial charge in [-0.1, -0.05) is 12.1 Å². The maximum absolute atomic E-state index is 13.3. The van der Waals surface area contributed by atoms with Gasteiger partial charge in [0.15, 0.2) is 0 Å². The molecule has 1 aromatic carbocycles. The molecule has 0 aliphatic carbocycles. The Labute approximate surface area is 86.5 Å². The summed E-state index contributed by atoms with van der Waals surface area (Å²) in [6.45, 7) is 0. The van der Waals surface area contributed by atoms with Crippen molar-refractivity contribution in [1.82, 2.24) is 0 Å². The molecule has 0 bridgehead atoms. The Bertz CT molecular complexity index is 310. The SMILES string of the molecule is COC(=O)C(F)c1ccc(SC)cc1. The molecule has 76 valence electrons. The van der Waals surface area contributed by atoms with Crippen molar-refractivity contribution >= 4 is 17.7 Å². The number of methoxy groups -OCH3 is 1.